The Morgan fingerprint density at radius 2 is 1.71 bits per heavy atom. The third-order valence-corrected chi connectivity index (χ3v) is 8.02. The number of rotatable bonds is 12. The van der Waals surface area contributed by atoms with Gasteiger partial charge >= 0.3 is 11.9 Å². The number of nitrogens with zero attached hydrogens (tertiary/aromatic N) is 1. The molecule has 0 saturated carbocycles. The molecular formula is C33H44N2O10. The number of aliphatic hydroxyl groups is 3. The molecule has 45 heavy (non-hydrogen) atoms. The molecule has 246 valence electrons. The largest absolute Gasteiger partial charge is 0.493 e. The molecule has 0 aliphatic carbocycles. The first kappa shape index (κ1) is 34.2. The van der Waals surface area contributed by atoms with Gasteiger partial charge in [-0.15, -0.1) is 0 Å². The molecule has 6 atom stereocenters. The van der Waals surface area contributed by atoms with Gasteiger partial charge in [-0.2, -0.15) is 0 Å². The van der Waals surface area contributed by atoms with E-state index in [9.17, 15) is 34.8 Å². The number of benzene rings is 2. The topological polar surface area (TPSA) is 175 Å². The Hall–Kier alpha value is -3.71. The Labute approximate surface area is 262 Å². The first-order chi connectivity index (χ1) is 21.5. The molecule has 12 heteroatoms. The minimum Gasteiger partial charge on any atom is -0.493 e. The van der Waals surface area contributed by atoms with Crippen molar-refractivity contribution in [1.29, 1.82) is 0 Å². The first-order valence-electron chi connectivity index (χ1n) is 15.5. The number of carbonyl (C=O) groups is 3. The Bertz CT molecular complexity index is 1330. The summed E-state index contributed by atoms with van der Waals surface area (Å²) in [5.74, 6) is -2.36. The smallest absolute Gasteiger partial charge is 0.344 e. The number of carboxylic acids is 1. The highest BCUT2D eigenvalue weighted by molar-refractivity contribution is 5.93. The maximum Gasteiger partial charge on any atom is 0.344 e. The summed E-state index contributed by atoms with van der Waals surface area (Å²) in [5, 5.41) is 42.7. The number of para-hydroxylation sites is 1. The van der Waals surface area contributed by atoms with Crippen molar-refractivity contribution in [3.63, 3.8) is 0 Å². The number of anilines is 1. The van der Waals surface area contributed by atoms with Crippen molar-refractivity contribution in [3.8, 4) is 5.75 Å². The van der Waals surface area contributed by atoms with E-state index in [0.717, 1.165) is 43.6 Å². The van der Waals surface area contributed by atoms with Crippen LogP contribution < -0.4 is 15.0 Å². The SMILES string of the molecule is CCOc1cc(CC(=O)N[C@@H](CC(C)C)c2ccccc2N2CCCCC2)ccc1C(=O)O[C@@H]1OC(C(=O)O)[C@@H](O)C(O)C1O. The molecule has 2 heterocycles. The number of hydrogen-bond donors (Lipinski definition) is 5. The standard InChI is InChI=1S/C33H44N2O10/c1-4-43-25-17-20(12-13-22(25)32(42)45-33-29(39)27(37)28(38)30(44-33)31(40)41)18-26(36)34-23(16-19(2)3)21-10-6-7-11-24(21)35-14-8-5-9-15-35/h6-7,10-13,17,19,23,27-30,33,37-39H,4-5,8-9,14-16,18H2,1-3H3,(H,34,36)(H,40,41)/t23-,27?,28-,29?,30?,33-/m0/s1. The molecule has 3 unspecified atom stereocenters. The van der Waals surface area contributed by atoms with Crippen LogP contribution in [0.2, 0.25) is 0 Å². The molecule has 2 aromatic rings. The predicted molar refractivity (Wildman–Crippen MR) is 164 cm³/mol. The van der Waals surface area contributed by atoms with E-state index in [1.54, 1.807) is 19.1 Å². The molecule has 1 amide bonds. The van der Waals surface area contributed by atoms with Crippen LogP contribution in [-0.4, -0.2) is 88.7 Å². The van der Waals surface area contributed by atoms with Crippen LogP contribution in [0.25, 0.3) is 0 Å². The summed E-state index contributed by atoms with van der Waals surface area (Å²) < 4.78 is 15.9. The number of ether oxygens (including phenoxy) is 3. The van der Waals surface area contributed by atoms with E-state index in [1.807, 2.05) is 12.1 Å². The lowest BCUT2D eigenvalue weighted by molar-refractivity contribution is -0.278. The average Bonchev–Trinajstić information content (AvgIpc) is 3.01. The predicted octanol–water partition coefficient (Wildman–Crippen LogP) is 2.57. The quantitative estimate of drug-likeness (QED) is 0.219. The van der Waals surface area contributed by atoms with E-state index < -0.39 is 42.6 Å². The van der Waals surface area contributed by atoms with Crippen LogP contribution in [-0.2, 0) is 25.5 Å². The zero-order valence-electron chi connectivity index (χ0n) is 25.9. The average molecular weight is 629 g/mol. The van der Waals surface area contributed by atoms with Gasteiger partial charge in [0, 0.05) is 18.8 Å². The van der Waals surface area contributed by atoms with Crippen molar-refractivity contribution in [2.45, 2.75) is 89.6 Å². The van der Waals surface area contributed by atoms with Crippen molar-refractivity contribution in [2.24, 2.45) is 5.92 Å². The summed E-state index contributed by atoms with van der Waals surface area (Å²) in [4.78, 5) is 40.2. The van der Waals surface area contributed by atoms with Crippen molar-refractivity contribution < 1.29 is 49.0 Å². The van der Waals surface area contributed by atoms with Crippen molar-refractivity contribution in [1.82, 2.24) is 5.32 Å². The van der Waals surface area contributed by atoms with E-state index in [4.69, 9.17) is 14.2 Å². The molecule has 12 nitrogen and oxygen atoms in total. The van der Waals surface area contributed by atoms with Gasteiger partial charge in [-0.25, -0.2) is 9.59 Å². The van der Waals surface area contributed by atoms with Crippen molar-refractivity contribution in [2.75, 3.05) is 24.6 Å². The molecule has 2 aliphatic heterocycles. The fraction of sp³-hybridized carbons (Fsp3) is 0.545. The highest BCUT2D eigenvalue weighted by Gasteiger charge is 2.48. The lowest BCUT2D eigenvalue weighted by Crippen LogP contribution is -2.60. The molecule has 2 fully saturated rings. The highest BCUT2D eigenvalue weighted by Crippen LogP contribution is 2.32. The molecule has 2 aromatic carbocycles. The fourth-order valence-electron chi connectivity index (χ4n) is 5.81. The molecular weight excluding hydrogens is 584 g/mol. The Kier molecular flexibility index (Phi) is 11.8. The van der Waals surface area contributed by atoms with E-state index >= 15 is 0 Å². The summed E-state index contributed by atoms with van der Waals surface area (Å²) in [7, 11) is 0. The number of carboxylic acid groups (broad SMARTS) is 1. The van der Waals surface area contributed by atoms with Crippen LogP contribution >= 0.6 is 0 Å². The zero-order chi connectivity index (χ0) is 32.7. The van der Waals surface area contributed by atoms with Gasteiger partial charge in [-0.1, -0.05) is 38.1 Å². The number of carbonyl (C=O) groups excluding carboxylic acids is 2. The van der Waals surface area contributed by atoms with Gasteiger partial charge in [0.15, 0.2) is 6.10 Å². The van der Waals surface area contributed by atoms with Gasteiger partial charge in [-0.3, -0.25) is 4.79 Å². The molecule has 2 saturated heterocycles. The Balaban J connectivity index is 1.49. The van der Waals surface area contributed by atoms with Gasteiger partial charge in [0.2, 0.25) is 12.2 Å². The third kappa shape index (κ3) is 8.51. The maximum atomic E-state index is 13.4. The van der Waals surface area contributed by atoms with Crippen LogP contribution in [0.5, 0.6) is 5.75 Å². The normalized spacial score (nSPS) is 24.2. The van der Waals surface area contributed by atoms with E-state index in [2.05, 4.69) is 36.2 Å². The van der Waals surface area contributed by atoms with Gasteiger partial charge in [-0.05, 0) is 67.9 Å². The highest BCUT2D eigenvalue weighted by atomic mass is 16.7. The summed E-state index contributed by atoms with van der Waals surface area (Å²) in [6, 6.07) is 12.6. The molecule has 0 bridgehead atoms. The summed E-state index contributed by atoms with van der Waals surface area (Å²) in [5.41, 5.74) is 2.76. The van der Waals surface area contributed by atoms with E-state index in [-0.39, 0.29) is 36.3 Å². The second kappa shape index (κ2) is 15.5. The number of aliphatic hydroxyl groups excluding tert-OH is 3. The number of amides is 1. The minimum atomic E-state index is -1.92. The van der Waals surface area contributed by atoms with Crippen LogP contribution in [0.15, 0.2) is 42.5 Å². The van der Waals surface area contributed by atoms with Crippen LogP contribution in [0.1, 0.15) is 74.0 Å². The van der Waals surface area contributed by atoms with Gasteiger partial charge < -0.3 is 44.9 Å². The van der Waals surface area contributed by atoms with Crippen LogP contribution in [0.3, 0.4) is 0 Å². The van der Waals surface area contributed by atoms with Crippen molar-refractivity contribution in [3.05, 3.63) is 59.2 Å². The van der Waals surface area contributed by atoms with Crippen LogP contribution in [0.4, 0.5) is 5.69 Å². The second-order valence-electron chi connectivity index (χ2n) is 11.9. The number of aliphatic carboxylic acids is 1. The van der Waals surface area contributed by atoms with E-state index in [0.29, 0.717) is 11.5 Å². The first-order valence-corrected chi connectivity index (χ1v) is 15.5. The van der Waals surface area contributed by atoms with E-state index in [1.165, 1.54) is 12.5 Å². The molecule has 0 spiro atoms. The van der Waals surface area contributed by atoms with Crippen LogP contribution in [0, 0.1) is 5.92 Å². The van der Waals surface area contributed by atoms with Gasteiger partial charge in [0.1, 0.15) is 29.6 Å². The summed E-state index contributed by atoms with van der Waals surface area (Å²) in [6.45, 7) is 8.13. The Morgan fingerprint density at radius 3 is 2.38 bits per heavy atom. The van der Waals surface area contributed by atoms with Crippen molar-refractivity contribution >= 4 is 23.5 Å². The molecule has 5 N–H and O–H groups in total. The zero-order valence-corrected chi connectivity index (χ0v) is 25.9. The monoisotopic (exact) mass is 628 g/mol. The number of nitrogens with one attached hydrogen (secondary N) is 1. The lowest BCUT2D eigenvalue weighted by atomic mass is 9.94. The molecule has 0 radical (unpaired) electrons. The number of esters is 1. The fourth-order valence-corrected chi connectivity index (χ4v) is 5.81. The van der Waals surface area contributed by atoms with Gasteiger partial charge in [0.25, 0.3) is 0 Å². The summed E-state index contributed by atoms with van der Waals surface area (Å²) >= 11 is 0. The number of piperidine rings is 1. The lowest BCUT2D eigenvalue weighted by Gasteiger charge is -2.37. The minimum absolute atomic E-state index is 0.0186. The van der Waals surface area contributed by atoms with Gasteiger partial charge in [0.05, 0.1) is 19.1 Å². The third-order valence-electron chi connectivity index (χ3n) is 8.02. The second-order valence-corrected chi connectivity index (χ2v) is 11.9. The molecule has 2 aliphatic rings. The summed E-state index contributed by atoms with van der Waals surface area (Å²) in [6.07, 6.45) is -5.22. The maximum absolute atomic E-state index is 13.4. The molecule has 0 aromatic heterocycles. The number of hydrogen-bond acceptors (Lipinski definition) is 10. The molecule has 4 rings (SSSR count). The Morgan fingerprint density at radius 1 is 1.00 bits per heavy atom.